The second kappa shape index (κ2) is 4.06. The number of rotatable bonds is 2. The number of halogens is 1. The SMILES string of the molecule is O=C=NC(Br)c1ccccc1. The number of benzene rings is 1. The maximum atomic E-state index is 9.87. The van der Waals surface area contributed by atoms with E-state index < -0.39 is 0 Å². The van der Waals surface area contributed by atoms with Gasteiger partial charge < -0.3 is 0 Å². The highest BCUT2D eigenvalue weighted by Crippen LogP contribution is 2.22. The van der Waals surface area contributed by atoms with Crippen molar-refractivity contribution in [3.05, 3.63) is 35.9 Å². The average Bonchev–Trinajstić information content (AvgIpc) is 2.07. The van der Waals surface area contributed by atoms with Gasteiger partial charge >= 0.3 is 0 Å². The Hall–Kier alpha value is -0.920. The van der Waals surface area contributed by atoms with Crippen LogP contribution < -0.4 is 0 Å². The smallest absolute Gasteiger partial charge is 0.211 e. The molecule has 0 aromatic heterocycles. The summed E-state index contributed by atoms with van der Waals surface area (Å²) in [6.45, 7) is 0. The van der Waals surface area contributed by atoms with Crippen molar-refractivity contribution in [1.82, 2.24) is 0 Å². The molecule has 0 saturated heterocycles. The van der Waals surface area contributed by atoms with Gasteiger partial charge in [0.25, 0.3) is 0 Å². The predicted molar refractivity (Wildman–Crippen MR) is 46.2 cm³/mol. The van der Waals surface area contributed by atoms with Gasteiger partial charge in [0.1, 0.15) is 4.95 Å². The van der Waals surface area contributed by atoms with E-state index >= 15 is 0 Å². The molecule has 0 aliphatic carbocycles. The minimum Gasteiger partial charge on any atom is -0.211 e. The third-order valence-electron chi connectivity index (χ3n) is 1.24. The lowest BCUT2D eigenvalue weighted by Crippen LogP contribution is -1.82. The van der Waals surface area contributed by atoms with Gasteiger partial charge in [0.05, 0.1) is 0 Å². The van der Waals surface area contributed by atoms with Crippen molar-refractivity contribution in [3.8, 4) is 0 Å². The minimum absolute atomic E-state index is 0.263. The van der Waals surface area contributed by atoms with Crippen molar-refractivity contribution in [2.24, 2.45) is 4.99 Å². The summed E-state index contributed by atoms with van der Waals surface area (Å²) in [5, 5.41) is 0. The zero-order chi connectivity index (χ0) is 8.10. The molecular weight excluding hydrogens is 206 g/mol. The third kappa shape index (κ3) is 2.30. The molecule has 1 rings (SSSR count). The van der Waals surface area contributed by atoms with Crippen LogP contribution in [0.4, 0.5) is 0 Å². The molecule has 0 amide bonds. The summed E-state index contributed by atoms with van der Waals surface area (Å²) in [7, 11) is 0. The van der Waals surface area contributed by atoms with Crippen LogP contribution in [0.1, 0.15) is 10.5 Å². The van der Waals surface area contributed by atoms with E-state index in [1.165, 1.54) is 6.08 Å². The van der Waals surface area contributed by atoms with Gasteiger partial charge in [-0.15, -0.1) is 0 Å². The summed E-state index contributed by atoms with van der Waals surface area (Å²) in [4.78, 5) is 13.1. The quantitative estimate of drug-likeness (QED) is 0.320. The van der Waals surface area contributed by atoms with Crippen LogP contribution in [-0.4, -0.2) is 6.08 Å². The Labute approximate surface area is 73.1 Å². The lowest BCUT2D eigenvalue weighted by Gasteiger charge is -1.99. The molecule has 0 heterocycles. The molecule has 0 N–H and O–H groups in total. The van der Waals surface area contributed by atoms with Gasteiger partial charge in [-0.2, -0.15) is 4.99 Å². The van der Waals surface area contributed by atoms with Gasteiger partial charge in [-0.3, -0.25) is 0 Å². The molecule has 0 fully saturated rings. The van der Waals surface area contributed by atoms with E-state index in [4.69, 9.17) is 0 Å². The summed E-state index contributed by atoms with van der Waals surface area (Å²) in [6, 6.07) is 9.47. The maximum absolute atomic E-state index is 9.87. The van der Waals surface area contributed by atoms with Crippen molar-refractivity contribution in [2.45, 2.75) is 4.95 Å². The number of aliphatic imine (C=N–C) groups is 1. The highest BCUT2D eigenvalue weighted by molar-refractivity contribution is 9.09. The minimum atomic E-state index is -0.263. The molecule has 0 aliphatic heterocycles. The van der Waals surface area contributed by atoms with Gasteiger partial charge in [0.2, 0.25) is 6.08 Å². The van der Waals surface area contributed by atoms with Crippen molar-refractivity contribution in [1.29, 1.82) is 0 Å². The third-order valence-corrected chi connectivity index (χ3v) is 1.97. The summed E-state index contributed by atoms with van der Waals surface area (Å²) in [5.74, 6) is 0. The molecule has 3 heteroatoms. The summed E-state index contributed by atoms with van der Waals surface area (Å²) >= 11 is 3.22. The van der Waals surface area contributed by atoms with Crippen molar-refractivity contribution in [2.75, 3.05) is 0 Å². The number of nitrogens with zero attached hydrogens (tertiary/aromatic N) is 1. The second-order valence-corrected chi connectivity index (χ2v) is 2.83. The van der Waals surface area contributed by atoms with Gasteiger partial charge in [-0.05, 0) is 5.56 Å². The molecule has 1 aromatic carbocycles. The molecule has 1 atom stereocenters. The van der Waals surface area contributed by atoms with Gasteiger partial charge in [-0.25, -0.2) is 4.79 Å². The Morgan fingerprint density at radius 2 is 2.00 bits per heavy atom. The fraction of sp³-hybridized carbons (Fsp3) is 0.125. The fourth-order valence-corrected chi connectivity index (χ4v) is 1.12. The molecule has 11 heavy (non-hydrogen) atoms. The molecule has 0 bridgehead atoms. The first-order valence-corrected chi connectivity index (χ1v) is 4.02. The molecule has 0 saturated carbocycles. The topological polar surface area (TPSA) is 29.4 Å². The largest absolute Gasteiger partial charge is 0.236 e. The van der Waals surface area contributed by atoms with E-state index in [-0.39, 0.29) is 4.95 Å². The van der Waals surface area contributed by atoms with Crippen LogP contribution in [0, 0.1) is 0 Å². The summed E-state index contributed by atoms with van der Waals surface area (Å²) < 4.78 is 0. The van der Waals surface area contributed by atoms with E-state index in [9.17, 15) is 4.79 Å². The van der Waals surface area contributed by atoms with Crippen LogP contribution in [0.5, 0.6) is 0 Å². The standard InChI is InChI=1S/C8H6BrNO/c9-8(10-6-11)7-4-2-1-3-5-7/h1-5,8H. The van der Waals surface area contributed by atoms with E-state index in [0.717, 1.165) is 5.56 Å². The molecule has 1 unspecified atom stereocenters. The van der Waals surface area contributed by atoms with E-state index in [0.29, 0.717) is 0 Å². The number of carbonyl (C=O) groups excluding carboxylic acids is 1. The number of alkyl halides is 1. The van der Waals surface area contributed by atoms with Crippen LogP contribution in [0.25, 0.3) is 0 Å². The highest BCUT2D eigenvalue weighted by Gasteiger charge is 2.01. The van der Waals surface area contributed by atoms with Gasteiger partial charge in [0.15, 0.2) is 0 Å². The Balaban J connectivity index is 2.84. The first kappa shape index (κ1) is 8.18. The first-order chi connectivity index (χ1) is 5.34. The van der Waals surface area contributed by atoms with E-state index in [1.807, 2.05) is 30.3 Å². The fourth-order valence-electron chi connectivity index (χ4n) is 0.733. The molecule has 0 aliphatic rings. The van der Waals surface area contributed by atoms with E-state index in [2.05, 4.69) is 20.9 Å². The van der Waals surface area contributed by atoms with Crippen LogP contribution >= 0.6 is 15.9 Å². The molecular formula is C8H6BrNO. The number of hydrogen-bond donors (Lipinski definition) is 0. The summed E-state index contributed by atoms with van der Waals surface area (Å²) in [6.07, 6.45) is 1.49. The van der Waals surface area contributed by atoms with Crippen molar-refractivity contribution in [3.63, 3.8) is 0 Å². The zero-order valence-electron chi connectivity index (χ0n) is 5.70. The zero-order valence-corrected chi connectivity index (χ0v) is 7.28. The van der Waals surface area contributed by atoms with Crippen molar-refractivity contribution >= 4 is 22.0 Å². The van der Waals surface area contributed by atoms with Crippen LogP contribution in [-0.2, 0) is 4.79 Å². The highest BCUT2D eigenvalue weighted by atomic mass is 79.9. The number of hydrogen-bond acceptors (Lipinski definition) is 2. The Kier molecular flexibility index (Phi) is 3.02. The summed E-state index contributed by atoms with van der Waals surface area (Å²) in [5.41, 5.74) is 0.954. The monoisotopic (exact) mass is 211 g/mol. The predicted octanol–water partition coefficient (Wildman–Crippen LogP) is 2.42. The molecule has 0 radical (unpaired) electrons. The normalized spacial score (nSPS) is 11.7. The van der Waals surface area contributed by atoms with Crippen LogP contribution in [0.3, 0.4) is 0 Å². The maximum Gasteiger partial charge on any atom is 0.236 e. The lowest BCUT2D eigenvalue weighted by molar-refractivity contribution is 0.562. The molecule has 56 valence electrons. The first-order valence-electron chi connectivity index (χ1n) is 3.10. The van der Waals surface area contributed by atoms with E-state index in [1.54, 1.807) is 0 Å². The molecule has 2 nitrogen and oxygen atoms in total. The van der Waals surface area contributed by atoms with Gasteiger partial charge in [0, 0.05) is 0 Å². The number of isocyanates is 1. The van der Waals surface area contributed by atoms with Gasteiger partial charge in [-0.1, -0.05) is 46.3 Å². The average molecular weight is 212 g/mol. The molecule has 1 aromatic rings. The Morgan fingerprint density at radius 3 is 2.55 bits per heavy atom. The Bertz CT molecular complexity index is 267. The second-order valence-electron chi connectivity index (χ2n) is 1.97. The van der Waals surface area contributed by atoms with Crippen molar-refractivity contribution < 1.29 is 4.79 Å². The van der Waals surface area contributed by atoms with Crippen LogP contribution in [0.2, 0.25) is 0 Å². The Morgan fingerprint density at radius 1 is 1.36 bits per heavy atom. The van der Waals surface area contributed by atoms with Crippen LogP contribution in [0.15, 0.2) is 35.3 Å². The molecule has 0 spiro atoms. The lowest BCUT2D eigenvalue weighted by atomic mass is 10.2.